The first-order valence-corrected chi connectivity index (χ1v) is 11.5. The minimum atomic E-state index is -3.78. The van der Waals surface area contributed by atoms with Gasteiger partial charge in [0.25, 0.3) is 10.1 Å². The highest BCUT2D eigenvalue weighted by atomic mass is 32.2. The quantitative estimate of drug-likeness (QED) is 0.291. The van der Waals surface area contributed by atoms with E-state index in [2.05, 4.69) is 0 Å². The normalized spacial score (nSPS) is 13.3. The van der Waals surface area contributed by atoms with Crippen LogP contribution in [-0.4, -0.2) is 78.5 Å². The summed E-state index contributed by atoms with van der Waals surface area (Å²) in [6, 6.07) is 6.42. The third kappa shape index (κ3) is 11.6. The molecule has 0 heterocycles. The Morgan fingerprint density at radius 2 is 1.32 bits per heavy atom. The van der Waals surface area contributed by atoms with Crippen LogP contribution in [0.5, 0.6) is 0 Å². The lowest BCUT2D eigenvalue weighted by Crippen LogP contribution is -2.37. The van der Waals surface area contributed by atoms with Crippen LogP contribution in [0.1, 0.15) is 26.3 Å². The van der Waals surface area contributed by atoms with Gasteiger partial charge in [-0.1, -0.05) is 38.5 Å². The van der Waals surface area contributed by atoms with Gasteiger partial charge in [0.05, 0.1) is 57.8 Å². The van der Waals surface area contributed by atoms with Gasteiger partial charge in [0, 0.05) is 0 Å². The topological polar surface area (TPSA) is 118 Å². The van der Waals surface area contributed by atoms with Gasteiger partial charge in [-0.15, -0.1) is 0 Å². The van der Waals surface area contributed by atoms with Gasteiger partial charge in [0.15, 0.2) is 6.10 Å². The molecule has 1 N–H and O–H groups in total. The Hall–Kier alpha value is -1.56. The Kier molecular flexibility index (Phi) is 12.2. The predicted octanol–water partition coefficient (Wildman–Crippen LogP) is 2.27. The van der Waals surface area contributed by atoms with E-state index in [-0.39, 0.29) is 31.3 Å². The second-order valence-corrected chi connectivity index (χ2v) is 9.50. The third-order valence-electron chi connectivity index (χ3n) is 4.04. The number of carbonyl (C=O) groups is 1. The third-order valence-corrected chi connectivity index (χ3v) is 5.37. The molecule has 0 amide bonds. The number of carboxylic acids is 1. The Labute approximate surface area is 184 Å². The zero-order valence-electron chi connectivity index (χ0n) is 18.7. The van der Waals surface area contributed by atoms with Crippen LogP contribution < -0.4 is 0 Å². The molecule has 0 bridgehead atoms. The number of carboxylic acid groups (broad SMARTS) is 1. The second kappa shape index (κ2) is 13.8. The molecule has 0 saturated carbocycles. The minimum absolute atomic E-state index is 0.0782. The lowest BCUT2D eigenvalue weighted by atomic mass is 9.89. The van der Waals surface area contributed by atoms with Crippen LogP contribution in [-0.2, 0) is 38.0 Å². The molecule has 0 aliphatic heterocycles. The van der Waals surface area contributed by atoms with Gasteiger partial charge in [-0.25, -0.2) is 4.79 Å². The van der Waals surface area contributed by atoms with Crippen LogP contribution in [0.15, 0.2) is 29.2 Å². The van der Waals surface area contributed by atoms with Crippen molar-refractivity contribution in [1.29, 1.82) is 0 Å². The zero-order chi connectivity index (χ0) is 23.3. The number of aryl methyl sites for hydroxylation is 1. The highest BCUT2D eigenvalue weighted by molar-refractivity contribution is 7.86. The van der Waals surface area contributed by atoms with Crippen LogP contribution in [0.2, 0.25) is 0 Å². The summed E-state index contributed by atoms with van der Waals surface area (Å²) < 4.78 is 50.2. The monoisotopic (exact) mass is 462 g/mol. The van der Waals surface area contributed by atoms with Crippen molar-refractivity contribution in [3.8, 4) is 0 Å². The number of ether oxygens (including phenoxy) is 4. The van der Waals surface area contributed by atoms with Crippen LogP contribution >= 0.6 is 0 Å². The van der Waals surface area contributed by atoms with E-state index in [1.54, 1.807) is 32.9 Å². The van der Waals surface area contributed by atoms with E-state index in [1.807, 2.05) is 6.92 Å². The van der Waals surface area contributed by atoms with E-state index in [1.165, 1.54) is 12.1 Å². The van der Waals surface area contributed by atoms with Crippen molar-refractivity contribution in [1.82, 2.24) is 0 Å². The van der Waals surface area contributed by atoms with Gasteiger partial charge in [-0.2, -0.15) is 8.42 Å². The fourth-order valence-electron chi connectivity index (χ4n) is 2.43. The van der Waals surface area contributed by atoms with Crippen LogP contribution in [0.3, 0.4) is 0 Å². The van der Waals surface area contributed by atoms with Crippen molar-refractivity contribution < 1.29 is 41.4 Å². The second-order valence-electron chi connectivity index (χ2n) is 7.88. The SMILES string of the molecule is Cc1ccc(S(=O)(=O)OCCOCCOCCOCCOC(C(=O)O)C(C)(C)C)cc1. The van der Waals surface area contributed by atoms with Crippen LogP contribution in [0, 0.1) is 12.3 Å². The van der Waals surface area contributed by atoms with Gasteiger partial charge in [0.1, 0.15) is 0 Å². The standard InChI is InChI=1S/C21H34O9S/c1-17-5-7-18(8-6-17)31(24,25)30-16-14-28-12-10-26-9-11-27-13-15-29-19(20(22)23)21(2,3)4/h5-8,19H,9-16H2,1-4H3,(H,22,23). The van der Waals surface area contributed by atoms with Gasteiger partial charge < -0.3 is 24.1 Å². The fourth-order valence-corrected chi connectivity index (χ4v) is 3.33. The molecule has 10 heteroatoms. The summed E-state index contributed by atoms with van der Waals surface area (Å²) in [7, 11) is -3.78. The van der Waals surface area contributed by atoms with Gasteiger partial charge in [-0.05, 0) is 24.5 Å². The lowest BCUT2D eigenvalue weighted by Gasteiger charge is -2.26. The molecular formula is C21H34O9S. The molecule has 9 nitrogen and oxygen atoms in total. The summed E-state index contributed by atoms with van der Waals surface area (Å²) in [5, 5.41) is 9.15. The summed E-state index contributed by atoms with van der Waals surface area (Å²) in [6.07, 6.45) is -0.889. The fraction of sp³-hybridized carbons (Fsp3) is 0.667. The summed E-state index contributed by atoms with van der Waals surface area (Å²) >= 11 is 0. The summed E-state index contributed by atoms with van der Waals surface area (Å²) in [6.45, 7) is 9.10. The van der Waals surface area contributed by atoms with Gasteiger partial charge in [0.2, 0.25) is 0 Å². The minimum Gasteiger partial charge on any atom is -0.479 e. The first-order chi connectivity index (χ1) is 14.5. The number of benzene rings is 1. The highest BCUT2D eigenvalue weighted by Gasteiger charge is 2.31. The van der Waals surface area contributed by atoms with Gasteiger partial charge in [-0.3, -0.25) is 4.18 Å². The smallest absolute Gasteiger partial charge is 0.333 e. The number of hydrogen-bond donors (Lipinski definition) is 1. The van der Waals surface area contributed by atoms with E-state index in [9.17, 15) is 13.2 Å². The Morgan fingerprint density at radius 3 is 1.77 bits per heavy atom. The molecule has 0 aromatic heterocycles. The van der Waals surface area contributed by atoms with E-state index >= 15 is 0 Å². The van der Waals surface area contributed by atoms with E-state index in [4.69, 9.17) is 28.2 Å². The molecule has 0 aliphatic rings. The van der Waals surface area contributed by atoms with E-state index < -0.39 is 27.6 Å². The average molecular weight is 463 g/mol. The Balaban J connectivity index is 1.99. The van der Waals surface area contributed by atoms with Crippen molar-refractivity contribution in [2.45, 2.75) is 38.7 Å². The van der Waals surface area contributed by atoms with Crippen molar-refractivity contribution in [3.63, 3.8) is 0 Å². The number of rotatable bonds is 16. The molecule has 0 radical (unpaired) electrons. The van der Waals surface area contributed by atoms with Crippen LogP contribution in [0.4, 0.5) is 0 Å². The average Bonchev–Trinajstić information content (AvgIpc) is 2.67. The zero-order valence-corrected chi connectivity index (χ0v) is 19.5. The maximum atomic E-state index is 12.0. The summed E-state index contributed by atoms with van der Waals surface area (Å²) in [4.78, 5) is 11.3. The Bertz CT molecular complexity index is 739. The van der Waals surface area contributed by atoms with Crippen molar-refractivity contribution in [2.24, 2.45) is 5.41 Å². The van der Waals surface area contributed by atoms with E-state index in [0.29, 0.717) is 26.4 Å². The number of hydrogen-bond acceptors (Lipinski definition) is 8. The molecule has 0 fully saturated rings. The van der Waals surface area contributed by atoms with Crippen molar-refractivity contribution >= 4 is 16.1 Å². The molecule has 0 spiro atoms. The van der Waals surface area contributed by atoms with Crippen LogP contribution in [0.25, 0.3) is 0 Å². The molecule has 1 rings (SSSR count). The first-order valence-electron chi connectivity index (χ1n) is 10.1. The summed E-state index contributed by atoms with van der Waals surface area (Å²) in [5.41, 5.74) is 0.471. The Morgan fingerprint density at radius 1 is 0.871 bits per heavy atom. The summed E-state index contributed by atoms with van der Waals surface area (Å²) in [5.74, 6) is -0.992. The molecular weight excluding hydrogens is 428 g/mol. The first kappa shape index (κ1) is 27.5. The highest BCUT2D eigenvalue weighted by Crippen LogP contribution is 2.22. The lowest BCUT2D eigenvalue weighted by molar-refractivity contribution is -0.159. The predicted molar refractivity (Wildman–Crippen MR) is 114 cm³/mol. The molecule has 178 valence electrons. The molecule has 1 unspecified atom stereocenters. The molecule has 31 heavy (non-hydrogen) atoms. The number of aliphatic carboxylic acids is 1. The van der Waals surface area contributed by atoms with E-state index in [0.717, 1.165) is 5.56 Å². The molecule has 1 aromatic rings. The molecule has 1 aromatic carbocycles. The maximum Gasteiger partial charge on any atom is 0.333 e. The largest absolute Gasteiger partial charge is 0.479 e. The molecule has 1 atom stereocenters. The maximum absolute atomic E-state index is 12.0. The van der Waals surface area contributed by atoms with Crippen molar-refractivity contribution in [2.75, 3.05) is 52.9 Å². The molecule has 0 saturated heterocycles. The molecule has 0 aliphatic carbocycles. The van der Waals surface area contributed by atoms with Crippen molar-refractivity contribution in [3.05, 3.63) is 29.8 Å². The van der Waals surface area contributed by atoms with Gasteiger partial charge >= 0.3 is 5.97 Å².